The molecule has 0 saturated carbocycles. The number of amides is 2. The number of hydrazone groups is 1. The Morgan fingerprint density at radius 2 is 1.81 bits per heavy atom. The van der Waals surface area contributed by atoms with E-state index >= 15 is 0 Å². The van der Waals surface area contributed by atoms with E-state index in [1.165, 1.54) is 6.21 Å². The molecule has 0 bridgehead atoms. The number of nitriles is 1. The highest BCUT2D eigenvalue weighted by Gasteiger charge is 2.19. The molecule has 158 valence electrons. The van der Waals surface area contributed by atoms with Crippen LogP contribution in [0, 0.1) is 11.3 Å². The predicted molar refractivity (Wildman–Crippen MR) is 120 cm³/mol. The van der Waals surface area contributed by atoms with Crippen LogP contribution in [0.5, 0.6) is 0 Å². The van der Waals surface area contributed by atoms with Crippen molar-refractivity contribution in [2.75, 3.05) is 13.1 Å². The van der Waals surface area contributed by atoms with E-state index in [2.05, 4.69) is 10.5 Å². The molecule has 31 heavy (non-hydrogen) atoms. The topological polar surface area (TPSA) is 90.5 Å². The highest BCUT2D eigenvalue weighted by molar-refractivity contribution is 6.00. The second kappa shape index (κ2) is 10.2. The summed E-state index contributed by atoms with van der Waals surface area (Å²) in [4.78, 5) is 26.8. The van der Waals surface area contributed by atoms with Gasteiger partial charge in [-0.3, -0.25) is 9.59 Å². The van der Waals surface area contributed by atoms with Gasteiger partial charge in [0.25, 0.3) is 5.91 Å². The number of nitrogens with zero attached hydrogens (tertiary/aromatic N) is 4. The first-order valence-corrected chi connectivity index (χ1v) is 10.2. The molecule has 1 N–H and O–H groups in total. The van der Waals surface area contributed by atoms with Gasteiger partial charge in [0.1, 0.15) is 6.54 Å². The number of benzene rings is 2. The van der Waals surface area contributed by atoms with Crippen LogP contribution in [0.15, 0.2) is 65.9 Å². The summed E-state index contributed by atoms with van der Waals surface area (Å²) in [5.74, 6) is -1.39. The van der Waals surface area contributed by atoms with Crippen LogP contribution in [0.2, 0.25) is 0 Å². The molecule has 3 rings (SSSR count). The fourth-order valence-electron chi connectivity index (χ4n) is 3.49. The summed E-state index contributed by atoms with van der Waals surface area (Å²) in [6, 6.07) is 18.6. The molecule has 0 aliphatic heterocycles. The largest absolute Gasteiger partial charge is 0.342 e. The lowest BCUT2D eigenvalue weighted by Gasteiger charge is -2.19. The summed E-state index contributed by atoms with van der Waals surface area (Å²) in [7, 11) is 0. The fraction of sp³-hybridized carbons (Fsp3) is 0.250. The van der Waals surface area contributed by atoms with Gasteiger partial charge in [0.2, 0.25) is 5.91 Å². The van der Waals surface area contributed by atoms with Crippen LogP contribution < -0.4 is 5.43 Å². The molecule has 0 unspecified atom stereocenters. The molecule has 7 heteroatoms. The van der Waals surface area contributed by atoms with Crippen LogP contribution in [-0.2, 0) is 16.1 Å². The van der Waals surface area contributed by atoms with Crippen molar-refractivity contribution in [3.63, 3.8) is 0 Å². The lowest BCUT2D eigenvalue weighted by molar-refractivity contribution is -0.131. The van der Waals surface area contributed by atoms with Gasteiger partial charge in [-0.25, -0.2) is 5.43 Å². The van der Waals surface area contributed by atoms with Crippen LogP contribution in [-0.4, -0.2) is 40.6 Å². The molecule has 2 aromatic carbocycles. The van der Waals surface area contributed by atoms with Gasteiger partial charge in [-0.2, -0.15) is 10.4 Å². The Morgan fingerprint density at radius 1 is 1.13 bits per heavy atom. The van der Waals surface area contributed by atoms with Crippen molar-refractivity contribution in [3.8, 4) is 6.07 Å². The summed E-state index contributed by atoms with van der Waals surface area (Å²) in [5, 5.41) is 14.4. The van der Waals surface area contributed by atoms with Crippen molar-refractivity contribution in [2.45, 2.75) is 26.3 Å². The van der Waals surface area contributed by atoms with Crippen molar-refractivity contribution in [3.05, 3.63) is 71.9 Å². The number of hydrogen-bond donors (Lipinski definition) is 1. The molecule has 0 spiro atoms. The first-order valence-electron chi connectivity index (χ1n) is 10.2. The maximum atomic E-state index is 12.6. The molecule has 0 saturated heterocycles. The Morgan fingerprint density at radius 3 is 2.48 bits per heavy atom. The average Bonchev–Trinajstić information content (AvgIpc) is 3.13. The Bertz CT molecular complexity index is 1120. The van der Waals surface area contributed by atoms with E-state index in [9.17, 15) is 14.9 Å². The van der Waals surface area contributed by atoms with Crippen LogP contribution >= 0.6 is 0 Å². The number of nitrogens with one attached hydrogen (secondary N) is 1. The monoisotopic (exact) mass is 415 g/mol. The van der Waals surface area contributed by atoms with Crippen LogP contribution in [0.3, 0.4) is 0 Å². The van der Waals surface area contributed by atoms with Gasteiger partial charge in [0.15, 0.2) is 5.92 Å². The third-order valence-electron chi connectivity index (χ3n) is 5.14. The molecule has 7 nitrogen and oxygen atoms in total. The molecule has 0 fully saturated rings. The average molecular weight is 415 g/mol. The molecule has 2 amide bonds. The van der Waals surface area contributed by atoms with Gasteiger partial charge in [-0.05, 0) is 25.5 Å². The minimum atomic E-state index is -0.939. The zero-order chi connectivity index (χ0) is 22.2. The third-order valence-corrected chi connectivity index (χ3v) is 5.14. The smallest absolute Gasteiger partial charge is 0.261 e. The van der Waals surface area contributed by atoms with Crippen LogP contribution in [0.4, 0.5) is 0 Å². The van der Waals surface area contributed by atoms with Gasteiger partial charge in [-0.15, -0.1) is 0 Å². The van der Waals surface area contributed by atoms with Crippen molar-refractivity contribution in [1.29, 1.82) is 5.26 Å². The Kier molecular flexibility index (Phi) is 7.17. The zero-order valence-corrected chi connectivity index (χ0v) is 17.7. The molecule has 1 atom stereocenters. The summed E-state index contributed by atoms with van der Waals surface area (Å²) in [6.07, 6.45) is 3.39. The van der Waals surface area contributed by atoms with Gasteiger partial charge in [0.05, 0.1) is 12.3 Å². The normalized spacial score (nSPS) is 11.9. The minimum Gasteiger partial charge on any atom is -0.342 e. The number of hydrogen-bond acceptors (Lipinski definition) is 4. The van der Waals surface area contributed by atoms with E-state index in [0.29, 0.717) is 18.7 Å². The molecule has 1 aromatic heterocycles. The minimum absolute atomic E-state index is 0.0438. The van der Waals surface area contributed by atoms with Crippen molar-refractivity contribution in [1.82, 2.24) is 14.9 Å². The summed E-state index contributed by atoms with van der Waals surface area (Å²) < 4.78 is 1.89. The van der Waals surface area contributed by atoms with Gasteiger partial charge < -0.3 is 9.47 Å². The molecular weight excluding hydrogens is 390 g/mol. The first kappa shape index (κ1) is 21.8. The Labute approximate surface area is 181 Å². The van der Waals surface area contributed by atoms with E-state index in [1.807, 2.05) is 61.0 Å². The van der Waals surface area contributed by atoms with Gasteiger partial charge >= 0.3 is 0 Å². The molecule has 0 aliphatic carbocycles. The fourth-order valence-corrected chi connectivity index (χ4v) is 3.49. The number of rotatable bonds is 8. The van der Waals surface area contributed by atoms with Crippen molar-refractivity contribution >= 4 is 28.9 Å². The number of likely N-dealkylation sites (N-methyl/N-ethyl adjacent to an activating group) is 1. The number of aromatic nitrogens is 1. The van der Waals surface area contributed by atoms with E-state index in [-0.39, 0.29) is 12.5 Å². The van der Waals surface area contributed by atoms with Crippen molar-refractivity contribution < 1.29 is 9.59 Å². The summed E-state index contributed by atoms with van der Waals surface area (Å²) in [5.41, 5.74) is 4.76. The second-order valence-electron chi connectivity index (χ2n) is 7.00. The number of carbonyl (C=O) groups is 2. The Hall–Kier alpha value is -3.92. The Balaban J connectivity index is 1.79. The highest BCUT2D eigenvalue weighted by Crippen LogP contribution is 2.20. The lowest BCUT2D eigenvalue weighted by Crippen LogP contribution is -2.33. The summed E-state index contributed by atoms with van der Waals surface area (Å²) >= 11 is 0. The third kappa shape index (κ3) is 4.98. The predicted octanol–water partition coefficient (Wildman–Crippen LogP) is 3.27. The molecule has 1 heterocycles. The van der Waals surface area contributed by atoms with Crippen molar-refractivity contribution in [2.24, 2.45) is 5.10 Å². The van der Waals surface area contributed by atoms with Gasteiger partial charge in [-0.1, -0.05) is 48.5 Å². The van der Waals surface area contributed by atoms with E-state index in [4.69, 9.17) is 0 Å². The molecular formula is C24H25N5O2. The first-order chi connectivity index (χ1) is 15.1. The van der Waals surface area contributed by atoms with Gasteiger partial charge in [0, 0.05) is 35.8 Å². The zero-order valence-electron chi connectivity index (χ0n) is 17.7. The quantitative estimate of drug-likeness (QED) is 0.452. The maximum Gasteiger partial charge on any atom is 0.261 e. The number of carbonyl (C=O) groups excluding carboxylic acids is 2. The number of fused-ring (bicyclic) bond motifs is 1. The second-order valence-corrected chi connectivity index (χ2v) is 7.00. The van der Waals surface area contributed by atoms with E-state index < -0.39 is 11.8 Å². The molecule has 0 aliphatic rings. The molecule has 3 aromatic rings. The summed E-state index contributed by atoms with van der Waals surface area (Å²) in [6.45, 7) is 5.47. The van der Waals surface area contributed by atoms with Crippen LogP contribution in [0.1, 0.15) is 30.9 Å². The van der Waals surface area contributed by atoms with E-state index in [0.717, 1.165) is 16.5 Å². The SMILES string of the molecule is CCN(CC)C(=O)Cn1cc(/C=N\NC(=O)[C@H](C#N)c2ccccc2)c2ccccc21. The lowest BCUT2D eigenvalue weighted by atomic mass is 10.0. The standard InChI is InChI=1S/C24H25N5O2/c1-3-28(4-2)23(30)17-29-16-19(20-12-8-9-13-22(20)29)15-26-27-24(31)21(14-25)18-10-6-5-7-11-18/h5-13,15-16,21H,3-4,17H2,1-2H3,(H,27,31)/b26-15-/t21-/m1/s1. The number of para-hydroxylation sites is 1. The maximum absolute atomic E-state index is 12.6. The van der Waals surface area contributed by atoms with E-state index in [1.54, 1.807) is 29.2 Å². The highest BCUT2D eigenvalue weighted by atomic mass is 16.2. The molecule has 0 radical (unpaired) electrons. The van der Waals surface area contributed by atoms with Crippen LogP contribution in [0.25, 0.3) is 10.9 Å².